The third-order valence-electron chi connectivity index (χ3n) is 3.54. The summed E-state index contributed by atoms with van der Waals surface area (Å²) >= 11 is 0. The van der Waals surface area contributed by atoms with Gasteiger partial charge in [0.1, 0.15) is 0 Å². The minimum absolute atomic E-state index is 0.462. The van der Waals surface area contributed by atoms with E-state index in [1.807, 2.05) is 7.11 Å². The molecule has 1 heteroatoms. The maximum atomic E-state index is 5.28. The van der Waals surface area contributed by atoms with E-state index in [-0.39, 0.29) is 0 Å². The zero-order chi connectivity index (χ0) is 9.35. The van der Waals surface area contributed by atoms with E-state index in [2.05, 4.69) is 27.7 Å². The van der Waals surface area contributed by atoms with Crippen LogP contribution in [0.4, 0.5) is 0 Å². The number of rotatable bonds is 2. The van der Waals surface area contributed by atoms with Crippen molar-refractivity contribution in [2.24, 2.45) is 17.3 Å². The molecule has 0 radical (unpaired) electrons. The number of hydrogen-bond donors (Lipinski definition) is 0. The molecule has 1 atom stereocenters. The van der Waals surface area contributed by atoms with Gasteiger partial charge in [-0.3, -0.25) is 0 Å². The van der Waals surface area contributed by atoms with Crippen LogP contribution in [0.25, 0.3) is 0 Å². The van der Waals surface area contributed by atoms with Crippen LogP contribution in [-0.2, 0) is 4.74 Å². The van der Waals surface area contributed by atoms with E-state index in [1.165, 1.54) is 12.8 Å². The van der Waals surface area contributed by atoms with Crippen molar-refractivity contribution < 1.29 is 4.74 Å². The van der Waals surface area contributed by atoms with E-state index in [0.29, 0.717) is 11.5 Å². The molecule has 0 bridgehead atoms. The van der Waals surface area contributed by atoms with Gasteiger partial charge >= 0.3 is 0 Å². The van der Waals surface area contributed by atoms with Crippen molar-refractivity contribution >= 4 is 0 Å². The standard InChI is InChI=1S/C11H22O/c1-8(11(2,3)4)9-6-10(7-9)12-5/h8-10H,6-7H2,1-5H3/t8-,9?,10?/m0/s1. The van der Waals surface area contributed by atoms with Gasteiger partial charge in [0.05, 0.1) is 6.10 Å². The van der Waals surface area contributed by atoms with Crippen LogP contribution in [0.3, 0.4) is 0 Å². The van der Waals surface area contributed by atoms with Crippen molar-refractivity contribution in [3.05, 3.63) is 0 Å². The summed E-state index contributed by atoms with van der Waals surface area (Å²) in [5.41, 5.74) is 0.462. The van der Waals surface area contributed by atoms with Gasteiger partial charge in [-0.2, -0.15) is 0 Å². The Hall–Kier alpha value is -0.0400. The zero-order valence-electron chi connectivity index (χ0n) is 9.05. The summed E-state index contributed by atoms with van der Waals surface area (Å²) in [6.45, 7) is 9.37. The Morgan fingerprint density at radius 2 is 1.75 bits per heavy atom. The molecule has 0 spiro atoms. The number of ether oxygens (including phenoxy) is 1. The number of hydrogen-bond acceptors (Lipinski definition) is 1. The fraction of sp³-hybridized carbons (Fsp3) is 1.00. The van der Waals surface area contributed by atoms with Crippen molar-refractivity contribution in [2.75, 3.05) is 7.11 Å². The van der Waals surface area contributed by atoms with E-state index < -0.39 is 0 Å². The molecule has 1 nitrogen and oxygen atoms in total. The Morgan fingerprint density at radius 3 is 2.08 bits per heavy atom. The summed E-state index contributed by atoms with van der Waals surface area (Å²) in [7, 11) is 1.82. The van der Waals surface area contributed by atoms with Crippen LogP contribution in [0.15, 0.2) is 0 Å². The van der Waals surface area contributed by atoms with E-state index in [4.69, 9.17) is 4.74 Å². The first-order valence-electron chi connectivity index (χ1n) is 4.98. The predicted octanol–water partition coefficient (Wildman–Crippen LogP) is 3.09. The molecule has 0 aromatic rings. The van der Waals surface area contributed by atoms with Crippen LogP contribution in [0.5, 0.6) is 0 Å². The molecule has 0 heterocycles. The van der Waals surface area contributed by atoms with Crippen molar-refractivity contribution in [2.45, 2.75) is 46.6 Å². The highest BCUT2D eigenvalue weighted by Crippen LogP contribution is 2.43. The van der Waals surface area contributed by atoms with Gasteiger partial charge in [-0.05, 0) is 30.1 Å². The normalized spacial score (nSPS) is 32.8. The molecule has 0 aromatic carbocycles. The van der Waals surface area contributed by atoms with Crippen molar-refractivity contribution in [1.29, 1.82) is 0 Å². The van der Waals surface area contributed by atoms with Crippen LogP contribution in [-0.4, -0.2) is 13.2 Å². The highest BCUT2D eigenvalue weighted by atomic mass is 16.5. The fourth-order valence-electron chi connectivity index (χ4n) is 1.91. The molecule has 1 rings (SSSR count). The van der Waals surface area contributed by atoms with Gasteiger partial charge < -0.3 is 4.74 Å². The van der Waals surface area contributed by atoms with Crippen molar-refractivity contribution in [3.8, 4) is 0 Å². The third kappa shape index (κ3) is 2.01. The molecule has 1 fully saturated rings. The largest absolute Gasteiger partial charge is 0.381 e. The molecule has 0 saturated heterocycles. The average molecular weight is 170 g/mol. The highest BCUT2D eigenvalue weighted by Gasteiger charge is 2.37. The lowest BCUT2D eigenvalue weighted by Gasteiger charge is -2.43. The van der Waals surface area contributed by atoms with Crippen molar-refractivity contribution in [3.63, 3.8) is 0 Å². The molecule has 0 aliphatic heterocycles. The second-order valence-electron chi connectivity index (χ2n) is 5.24. The smallest absolute Gasteiger partial charge is 0.0576 e. The van der Waals surface area contributed by atoms with Gasteiger partial charge in [-0.15, -0.1) is 0 Å². The predicted molar refractivity (Wildman–Crippen MR) is 52.1 cm³/mol. The molecule has 0 N–H and O–H groups in total. The van der Waals surface area contributed by atoms with Crippen LogP contribution < -0.4 is 0 Å². The van der Waals surface area contributed by atoms with E-state index in [0.717, 1.165) is 11.8 Å². The summed E-state index contributed by atoms with van der Waals surface area (Å²) < 4.78 is 5.28. The molecule has 1 aliphatic carbocycles. The lowest BCUT2D eigenvalue weighted by atomic mass is 9.65. The second-order valence-corrected chi connectivity index (χ2v) is 5.24. The molecule has 1 aliphatic rings. The summed E-state index contributed by atoms with van der Waals surface area (Å²) in [5.74, 6) is 1.72. The fourth-order valence-corrected chi connectivity index (χ4v) is 1.91. The van der Waals surface area contributed by atoms with Crippen LogP contribution in [0.1, 0.15) is 40.5 Å². The van der Waals surface area contributed by atoms with Crippen LogP contribution in [0, 0.1) is 17.3 Å². The van der Waals surface area contributed by atoms with Gasteiger partial charge in [0, 0.05) is 7.11 Å². The monoisotopic (exact) mass is 170 g/mol. The van der Waals surface area contributed by atoms with Gasteiger partial charge in [0.15, 0.2) is 0 Å². The first-order valence-corrected chi connectivity index (χ1v) is 4.98. The molecular formula is C11H22O. The van der Waals surface area contributed by atoms with E-state index in [1.54, 1.807) is 0 Å². The first-order chi connectivity index (χ1) is 5.45. The Balaban J connectivity index is 2.33. The SMILES string of the molecule is COC1CC([C@H](C)C(C)(C)C)C1. The highest BCUT2D eigenvalue weighted by molar-refractivity contribution is 4.87. The average Bonchev–Trinajstić information content (AvgIpc) is 1.83. The summed E-state index contributed by atoms with van der Waals surface area (Å²) in [5, 5.41) is 0. The third-order valence-corrected chi connectivity index (χ3v) is 3.54. The van der Waals surface area contributed by atoms with Crippen LogP contribution >= 0.6 is 0 Å². The Kier molecular flexibility index (Phi) is 2.82. The van der Waals surface area contributed by atoms with Gasteiger partial charge in [0.25, 0.3) is 0 Å². The summed E-state index contributed by atoms with van der Waals surface area (Å²) in [6.07, 6.45) is 3.10. The summed E-state index contributed by atoms with van der Waals surface area (Å²) in [4.78, 5) is 0. The maximum absolute atomic E-state index is 5.28. The van der Waals surface area contributed by atoms with Crippen molar-refractivity contribution in [1.82, 2.24) is 0 Å². The maximum Gasteiger partial charge on any atom is 0.0576 e. The first kappa shape index (κ1) is 10.0. The zero-order valence-corrected chi connectivity index (χ0v) is 9.05. The molecule has 72 valence electrons. The molecule has 12 heavy (non-hydrogen) atoms. The Bertz CT molecular complexity index is 140. The molecular weight excluding hydrogens is 148 g/mol. The molecule has 0 aromatic heterocycles. The van der Waals surface area contributed by atoms with Gasteiger partial charge in [0.2, 0.25) is 0 Å². The van der Waals surface area contributed by atoms with E-state index in [9.17, 15) is 0 Å². The Labute approximate surface area is 76.5 Å². The lowest BCUT2D eigenvalue weighted by Crippen LogP contribution is -2.38. The summed E-state index contributed by atoms with van der Waals surface area (Å²) in [6, 6.07) is 0. The van der Waals surface area contributed by atoms with Crippen LogP contribution in [0.2, 0.25) is 0 Å². The lowest BCUT2D eigenvalue weighted by molar-refractivity contribution is -0.0371. The van der Waals surface area contributed by atoms with Gasteiger partial charge in [-0.1, -0.05) is 27.7 Å². The Morgan fingerprint density at radius 1 is 1.25 bits per heavy atom. The second kappa shape index (κ2) is 3.37. The molecule has 0 amide bonds. The quantitative estimate of drug-likeness (QED) is 0.619. The molecule has 0 unspecified atom stereocenters. The van der Waals surface area contributed by atoms with E-state index >= 15 is 0 Å². The number of methoxy groups -OCH3 is 1. The topological polar surface area (TPSA) is 9.23 Å². The minimum atomic E-state index is 0.462. The minimum Gasteiger partial charge on any atom is -0.381 e. The van der Waals surface area contributed by atoms with Gasteiger partial charge in [-0.25, -0.2) is 0 Å². The molecule has 1 saturated carbocycles.